The van der Waals surface area contributed by atoms with Gasteiger partial charge in [-0.1, -0.05) is 78.9 Å². The summed E-state index contributed by atoms with van der Waals surface area (Å²) in [7, 11) is 0. The highest BCUT2D eigenvalue weighted by molar-refractivity contribution is 6.21. The first kappa shape index (κ1) is 24.3. The van der Waals surface area contributed by atoms with E-state index in [1.54, 1.807) is 54.6 Å². The van der Waals surface area contributed by atoms with Crippen LogP contribution in [-0.2, 0) is 11.8 Å². The van der Waals surface area contributed by atoms with Gasteiger partial charge >= 0.3 is 17.8 Å². The van der Waals surface area contributed by atoms with Crippen molar-refractivity contribution in [3.05, 3.63) is 107 Å². The van der Waals surface area contributed by atoms with E-state index in [4.69, 9.17) is 0 Å². The van der Waals surface area contributed by atoms with Crippen LogP contribution in [0.1, 0.15) is 11.1 Å². The van der Waals surface area contributed by atoms with Crippen LogP contribution in [0.2, 0.25) is 0 Å². The zero-order valence-corrected chi connectivity index (χ0v) is 18.9. The minimum Gasteiger partial charge on any atom is -0.206 e. The van der Waals surface area contributed by atoms with Crippen LogP contribution < -0.4 is 0 Å². The van der Waals surface area contributed by atoms with E-state index >= 15 is 13.2 Å². The van der Waals surface area contributed by atoms with Gasteiger partial charge in [0.2, 0.25) is 0 Å². The largest absolute Gasteiger partial charge is 0.380 e. The van der Waals surface area contributed by atoms with E-state index in [1.165, 1.54) is 24.3 Å². The molecular weight excluding hydrogens is 519 g/mol. The standard InChI is InChI=1S/C29H13F9/c30-24-21(25(31)26(32)23-22(24)27(33,34)29(37,38)28(23,35)36)20-17-12-6-4-10-15(17)19(14-8-2-1-3-9-14)16-11-5-7-13-18(16)20/h1-13H. The summed E-state index contributed by atoms with van der Waals surface area (Å²) in [5.74, 6) is -25.1. The molecule has 0 atom stereocenters. The van der Waals surface area contributed by atoms with Crippen molar-refractivity contribution in [2.24, 2.45) is 0 Å². The second kappa shape index (κ2) is 7.75. The summed E-state index contributed by atoms with van der Waals surface area (Å²) in [6, 6.07) is 21.0. The van der Waals surface area contributed by atoms with Crippen molar-refractivity contribution in [1.29, 1.82) is 0 Å². The molecule has 9 heteroatoms. The molecule has 0 nitrogen and oxygen atoms in total. The molecule has 0 fully saturated rings. The maximum atomic E-state index is 15.8. The number of benzene rings is 5. The fourth-order valence-electron chi connectivity index (χ4n) is 5.29. The van der Waals surface area contributed by atoms with Crippen LogP contribution >= 0.6 is 0 Å². The van der Waals surface area contributed by atoms with Crippen molar-refractivity contribution in [2.75, 3.05) is 0 Å². The summed E-state index contributed by atoms with van der Waals surface area (Å²) in [4.78, 5) is 0. The number of halogens is 9. The number of fused-ring (bicyclic) bond motifs is 3. The van der Waals surface area contributed by atoms with E-state index < -0.39 is 57.5 Å². The molecule has 0 radical (unpaired) electrons. The van der Waals surface area contributed by atoms with Crippen LogP contribution in [0.15, 0.2) is 78.9 Å². The highest BCUT2D eigenvalue weighted by atomic mass is 19.3. The molecule has 6 rings (SSSR count). The van der Waals surface area contributed by atoms with E-state index in [1.807, 2.05) is 0 Å². The van der Waals surface area contributed by atoms with Gasteiger partial charge in [-0.3, -0.25) is 0 Å². The van der Waals surface area contributed by atoms with Crippen molar-refractivity contribution in [1.82, 2.24) is 0 Å². The van der Waals surface area contributed by atoms with E-state index in [2.05, 4.69) is 0 Å². The topological polar surface area (TPSA) is 0 Å². The summed E-state index contributed by atoms with van der Waals surface area (Å²) in [5.41, 5.74) is -5.80. The van der Waals surface area contributed by atoms with Crippen molar-refractivity contribution < 1.29 is 39.5 Å². The number of alkyl halides is 6. The number of hydrogen-bond donors (Lipinski definition) is 0. The summed E-state index contributed by atoms with van der Waals surface area (Å²) < 4.78 is 132. The summed E-state index contributed by atoms with van der Waals surface area (Å²) in [5, 5.41) is 0.910. The van der Waals surface area contributed by atoms with E-state index in [0.29, 0.717) is 21.9 Å². The molecule has 1 aliphatic rings. The first-order chi connectivity index (χ1) is 17.9. The lowest BCUT2D eigenvalue weighted by molar-refractivity contribution is -0.303. The molecule has 0 aliphatic heterocycles. The fourth-order valence-corrected chi connectivity index (χ4v) is 5.29. The summed E-state index contributed by atoms with van der Waals surface area (Å²) >= 11 is 0. The molecule has 0 saturated carbocycles. The Bertz CT molecular complexity index is 1720. The van der Waals surface area contributed by atoms with Crippen molar-refractivity contribution in [3.8, 4) is 22.3 Å². The molecule has 0 saturated heterocycles. The molecule has 0 amide bonds. The quantitative estimate of drug-likeness (QED) is 0.121. The third-order valence-corrected chi connectivity index (χ3v) is 6.98. The SMILES string of the molecule is Fc1c(F)c2c(c(F)c1-c1c3ccccc3c(-c3ccccc3)c3ccccc13)C(F)(F)C(F)(F)C2(F)F. The van der Waals surface area contributed by atoms with Crippen LogP contribution in [-0.4, -0.2) is 5.92 Å². The van der Waals surface area contributed by atoms with Gasteiger partial charge in [-0.15, -0.1) is 0 Å². The second-order valence-corrected chi connectivity index (χ2v) is 9.00. The van der Waals surface area contributed by atoms with Gasteiger partial charge in [-0.25, -0.2) is 13.2 Å². The molecule has 0 spiro atoms. The number of hydrogen-bond acceptors (Lipinski definition) is 0. The molecule has 0 bridgehead atoms. The van der Waals surface area contributed by atoms with Gasteiger partial charge in [0.05, 0.1) is 16.7 Å². The predicted molar refractivity (Wildman–Crippen MR) is 125 cm³/mol. The highest BCUT2D eigenvalue weighted by Crippen LogP contribution is 2.65. The second-order valence-electron chi connectivity index (χ2n) is 9.00. The number of rotatable bonds is 2. The maximum Gasteiger partial charge on any atom is 0.380 e. The molecule has 5 aromatic carbocycles. The van der Waals surface area contributed by atoms with Crippen LogP contribution in [0.3, 0.4) is 0 Å². The van der Waals surface area contributed by atoms with Crippen LogP contribution in [0.25, 0.3) is 43.8 Å². The Morgan fingerprint density at radius 2 is 0.789 bits per heavy atom. The van der Waals surface area contributed by atoms with Crippen molar-refractivity contribution >= 4 is 21.5 Å². The Morgan fingerprint density at radius 1 is 0.395 bits per heavy atom. The Hall–Kier alpha value is -4.01. The van der Waals surface area contributed by atoms with Gasteiger partial charge in [-0.2, -0.15) is 26.3 Å². The van der Waals surface area contributed by atoms with Crippen LogP contribution in [0, 0.1) is 17.5 Å². The Balaban J connectivity index is 1.83. The molecular formula is C29H13F9. The molecule has 0 unspecified atom stereocenters. The lowest BCUT2D eigenvalue weighted by Gasteiger charge is -2.23. The van der Waals surface area contributed by atoms with Crippen LogP contribution in [0.5, 0.6) is 0 Å². The average Bonchev–Trinajstić information content (AvgIpc) is 3.01. The van der Waals surface area contributed by atoms with Crippen molar-refractivity contribution in [2.45, 2.75) is 17.8 Å². The molecule has 1 aliphatic carbocycles. The first-order valence-corrected chi connectivity index (χ1v) is 11.3. The van der Waals surface area contributed by atoms with Gasteiger partial charge in [0.15, 0.2) is 11.6 Å². The molecule has 0 N–H and O–H groups in total. The Kier molecular flexibility index (Phi) is 4.96. The van der Waals surface area contributed by atoms with Crippen LogP contribution in [0.4, 0.5) is 39.5 Å². The van der Waals surface area contributed by atoms with Gasteiger partial charge in [0.25, 0.3) is 0 Å². The molecule has 0 heterocycles. The van der Waals surface area contributed by atoms with E-state index in [9.17, 15) is 26.3 Å². The van der Waals surface area contributed by atoms with Crippen molar-refractivity contribution in [3.63, 3.8) is 0 Å². The van der Waals surface area contributed by atoms with Gasteiger partial charge < -0.3 is 0 Å². The Labute approximate surface area is 208 Å². The van der Waals surface area contributed by atoms with Gasteiger partial charge in [0.1, 0.15) is 5.82 Å². The van der Waals surface area contributed by atoms with Gasteiger partial charge in [-0.05, 0) is 32.7 Å². The van der Waals surface area contributed by atoms with E-state index in [-0.39, 0.29) is 10.8 Å². The third kappa shape index (κ3) is 2.84. The lowest BCUT2D eigenvalue weighted by atomic mass is 9.84. The van der Waals surface area contributed by atoms with E-state index in [0.717, 1.165) is 0 Å². The smallest absolute Gasteiger partial charge is 0.206 e. The third-order valence-electron chi connectivity index (χ3n) is 6.98. The first-order valence-electron chi connectivity index (χ1n) is 11.3. The minimum absolute atomic E-state index is 0.0713. The predicted octanol–water partition coefficient (Wildman–Crippen LogP) is 9.58. The normalized spacial score (nSPS) is 17.2. The highest BCUT2D eigenvalue weighted by Gasteiger charge is 2.81. The fraction of sp³-hybridized carbons (Fsp3) is 0.103. The Morgan fingerprint density at radius 3 is 1.26 bits per heavy atom. The molecule has 0 aromatic heterocycles. The molecule has 192 valence electrons. The summed E-state index contributed by atoms with van der Waals surface area (Å²) in [6.07, 6.45) is 0. The zero-order valence-electron chi connectivity index (χ0n) is 18.9. The minimum atomic E-state index is -6.18. The maximum absolute atomic E-state index is 15.8. The molecule has 5 aromatic rings. The molecule has 38 heavy (non-hydrogen) atoms. The average molecular weight is 532 g/mol. The lowest BCUT2D eigenvalue weighted by Crippen LogP contribution is -2.43. The van der Waals surface area contributed by atoms with Gasteiger partial charge in [0, 0.05) is 5.56 Å². The summed E-state index contributed by atoms with van der Waals surface area (Å²) in [6.45, 7) is 0. The monoisotopic (exact) mass is 532 g/mol. The zero-order chi connectivity index (χ0) is 27.2.